The van der Waals surface area contributed by atoms with E-state index in [-0.39, 0.29) is 11.8 Å². The summed E-state index contributed by atoms with van der Waals surface area (Å²) in [7, 11) is 0. The van der Waals surface area contributed by atoms with Gasteiger partial charge in [-0.2, -0.15) is 0 Å². The Bertz CT molecular complexity index is 275. The smallest absolute Gasteiger partial charge is 0.222 e. The molecule has 5 nitrogen and oxygen atoms in total. The standard InChI is InChI=1S/C5H4ClN5/c6-5-8-1-4(2-9-5)3-10-11-7/h1-2H,3H2. The molecule has 11 heavy (non-hydrogen) atoms. The quantitative estimate of drug-likeness (QED) is 0.294. The summed E-state index contributed by atoms with van der Waals surface area (Å²) in [5.41, 5.74) is 8.72. The minimum absolute atomic E-state index is 0.190. The van der Waals surface area contributed by atoms with Gasteiger partial charge in [-0.05, 0) is 22.7 Å². The lowest BCUT2D eigenvalue weighted by Gasteiger charge is -1.91. The molecule has 0 fully saturated rings. The molecule has 6 heteroatoms. The van der Waals surface area contributed by atoms with E-state index in [2.05, 4.69) is 20.0 Å². The van der Waals surface area contributed by atoms with Crippen molar-refractivity contribution in [2.75, 3.05) is 0 Å². The lowest BCUT2D eigenvalue weighted by Crippen LogP contribution is -1.85. The van der Waals surface area contributed by atoms with Crippen LogP contribution >= 0.6 is 11.6 Å². The second-order valence-corrected chi connectivity index (χ2v) is 2.09. The molecule has 0 saturated heterocycles. The molecule has 0 amide bonds. The van der Waals surface area contributed by atoms with Crippen molar-refractivity contribution in [1.82, 2.24) is 9.97 Å². The van der Waals surface area contributed by atoms with Gasteiger partial charge in [0, 0.05) is 17.3 Å². The number of hydrogen-bond donors (Lipinski definition) is 0. The number of nitrogens with zero attached hydrogens (tertiary/aromatic N) is 5. The summed E-state index contributed by atoms with van der Waals surface area (Å²) in [6.45, 7) is 0.258. The third-order valence-electron chi connectivity index (χ3n) is 0.990. The highest BCUT2D eigenvalue weighted by Crippen LogP contribution is 2.01. The highest BCUT2D eigenvalue weighted by Gasteiger charge is 1.91. The Hall–Kier alpha value is -1.32. The van der Waals surface area contributed by atoms with Gasteiger partial charge in [0.15, 0.2) is 0 Å². The van der Waals surface area contributed by atoms with Crippen LogP contribution in [-0.2, 0) is 6.54 Å². The van der Waals surface area contributed by atoms with Gasteiger partial charge in [0.2, 0.25) is 5.28 Å². The van der Waals surface area contributed by atoms with Crippen LogP contribution in [0.2, 0.25) is 5.28 Å². The molecule has 0 aliphatic carbocycles. The highest BCUT2D eigenvalue weighted by molar-refractivity contribution is 6.28. The Balaban J connectivity index is 2.73. The number of halogens is 1. The molecule has 1 heterocycles. The second-order valence-electron chi connectivity index (χ2n) is 1.75. The van der Waals surface area contributed by atoms with E-state index in [0.29, 0.717) is 0 Å². The van der Waals surface area contributed by atoms with Gasteiger partial charge in [0.05, 0.1) is 6.54 Å². The van der Waals surface area contributed by atoms with E-state index in [1.54, 1.807) is 0 Å². The molecule has 0 spiro atoms. The molecular weight excluding hydrogens is 166 g/mol. The Morgan fingerprint density at radius 3 is 2.73 bits per heavy atom. The van der Waals surface area contributed by atoms with Crippen LogP contribution in [0.25, 0.3) is 10.4 Å². The van der Waals surface area contributed by atoms with Gasteiger partial charge in [-0.25, -0.2) is 9.97 Å². The molecule has 0 aliphatic heterocycles. The molecule has 1 aromatic rings. The van der Waals surface area contributed by atoms with Crippen molar-refractivity contribution < 1.29 is 0 Å². The summed E-state index contributed by atoms with van der Waals surface area (Å²) in [6.07, 6.45) is 3.04. The first-order chi connectivity index (χ1) is 5.33. The normalized spacial score (nSPS) is 8.82. The Labute approximate surface area is 67.7 Å². The monoisotopic (exact) mass is 169 g/mol. The van der Waals surface area contributed by atoms with Crippen LogP contribution in [0.5, 0.6) is 0 Å². The minimum atomic E-state index is 0.190. The van der Waals surface area contributed by atoms with Crippen molar-refractivity contribution >= 4 is 11.6 Å². The summed E-state index contributed by atoms with van der Waals surface area (Å²) >= 11 is 5.42. The minimum Gasteiger partial charge on any atom is -0.226 e. The molecule has 0 atom stereocenters. The fourth-order valence-corrected chi connectivity index (χ4v) is 0.632. The Morgan fingerprint density at radius 1 is 1.55 bits per heavy atom. The molecule has 0 aromatic carbocycles. The maximum absolute atomic E-state index is 7.97. The van der Waals surface area contributed by atoms with Crippen molar-refractivity contribution in [3.63, 3.8) is 0 Å². The molecule has 0 bridgehead atoms. The zero-order chi connectivity index (χ0) is 8.10. The van der Waals surface area contributed by atoms with E-state index in [9.17, 15) is 0 Å². The molecule has 1 rings (SSSR count). The Morgan fingerprint density at radius 2 is 2.18 bits per heavy atom. The van der Waals surface area contributed by atoms with Gasteiger partial charge in [0.1, 0.15) is 0 Å². The summed E-state index contributed by atoms with van der Waals surface area (Å²) in [5, 5.41) is 3.52. The molecule has 0 N–H and O–H groups in total. The molecule has 0 aliphatic rings. The first kappa shape index (κ1) is 7.78. The highest BCUT2D eigenvalue weighted by atomic mass is 35.5. The number of azide groups is 1. The van der Waals surface area contributed by atoms with E-state index < -0.39 is 0 Å². The van der Waals surface area contributed by atoms with Gasteiger partial charge in [0.25, 0.3) is 0 Å². The van der Waals surface area contributed by atoms with Gasteiger partial charge >= 0.3 is 0 Å². The van der Waals surface area contributed by atoms with Crippen molar-refractivity contribution in [1.29, 1.82) is 0 Å². The van der Waals surface area contributed by atoms with E-state index in [0.717, 1.165) is 5.56 Å². The second kappa shape index (κ2) is 3.75. The molecule has 1 aromatic heterocycles. The lowest BCUT2D eigenvalue weighted by atomic mass is 10.4. The van der Waals surface area contributed by atoms with Crippen molar-refractivity contribution in [3.8, 4) is 0 Å². The molecule has 0 radical (unpaired) electrons. The van der Waals surface area contributed by atoms with Crippen LogP contribution in [-0.4, -0.2) is 9.97 Å². The number of hydrogen-bond acceptors (Lipinski definition) is 3. The fraction of sp³-hybridized carbons (Fsp3) is 0.200. The average Bonchev–Trinajstić information content (AvgIpc) is 2.04. The average molecular weight is 170 g/mol. The van der Waals surface area contributed by atoms with Gasteiger partial charge in [-0.1, -0.05) is 5.11 Å². The fourth-order valence-electron chi connectivity index (χ4n) is 0.534. The zero-order valence-corrected chi connectivity index (χ0v) is 6.23. The van der Waals surface area contributed by atoms with Crippen LogP contribution in [0.3, 0.4) is 0 Å². The topological polar surface area (TPSA) is 74.5 Å². The first-order valence-electron chi connectivity index (χ1n) is 2.80. The van der Waals surface area contributed by atoms with E-state index >= 15 is 0 Å². The van der Waals surface area contributed by atoms with Gasteiger partial charge in [-0.3, -0.25) is 0 Å². The van der Waals surface area contributed by atoms with Crippen LogP contribution in [0.15, 0.2) is 17.5 Å². The predicted molar refractivity (Wildman–Crippen MR) is 39.9 cm³/mol. The number of aromatic nitrogens is 2. The third kappa shape index (κ3) is 2.41. The summed E-state index contributed by atoms with van der Waals surface area (Å²) in [5.74, 6) is 0. The largest absolute Gasteiger partial charge is 0.226 e. The molecule has 0 unspecified atom stereocenters. The first-order valence-corrected chi connectivity index (χ1v) is 3.18. The van der Waals surface area contributed by atoms with Gasteiger partial charge < -0.3 is 0 Å². The van der Waals surface area contributed by atoms with E-state index in [4.69, 9.17) is 17.1 Å². The molecule has 56 valence electrons. The maximum atomic E-state index is 7.97. The van der Waals surface area contributed by atoms with E-state index in [1.807, 2.05) is 0 Å². The van der Waals surface area contributed by atoms with Crippen LogP contribution in [0, 0.1) is 0 Å². The summed E-state index contributed by atoms with van der Waals surface area (Å²) < 4.78 is 0. The lowest BCUT2D eigenvalue weighted by molar-refractivity contribution is 0.994. The summed E-state index contributed by atoms with van der Waals surface area (Å²) in [6, 6.07) is 0. The van der Waals surface area contributed by atoms with Crippen LogP contribution in [0.4, 0.5) is 0 Å². The van der Waals surface area contributed by atoms with Crippen molar-refractivity contribution in [2.24, 2.45) is 5.11 Å². The zero-order valence-electron chi connectivity index (χ0n) is 5.48. The Kier molecular flexibility index (Phi) is 2.66. The van der Waals surface area contributed by atoms with E-state index in [1.165, 1.54) is 12.4 Å². The van der Waals surface area contributed by atoms with Crippen molar-refractivity contribution in [3.05, 3.63) is 33.7 Å². The predicted octanol–water partition coefficient (Wildman–Crippen LogP) is 1.94. The molecular formula is C5H4ClN5. The van der Waals surface area contributed by atoms with Crippen LogP contribution < -0.4 is 0 Å². The summed E-state index contributed by atoms with van der Waals surface area (Å²) in [4.78, 5) is 10.00. The molecule has 0 saturated carbocycles. The third-order valence-corrected chi connectivity index (χ3v) is 1.19. The maximum Gasteiger partial charge on any atom is 0.222 e. The SMILES string of the molecule is [N-]=[N+]=NCc1cnc(Cl)nc1. The number of rotatable bonds is 2. The van der Waals surface area contributed by atoms with Gasteiger partial charge in [-0.15, -0.1) is 0 Å². The van der Waals surface area contributed by atoms with Crippen molar-refractivity contribution in [2.45, 2.75) is 6.54 Å². The van der Waals surface area contributed by atoms with Crippen LogP contribution in [0.1, 0.15) is 5.56 Å².